The minimum absolute atomic E-state index is 0.141. The standard InChI is InChI=1S/C24H33N3O2/c1-15-16(2)26-27(17(15)3)14-13-22(28)25-24-21-8-6-5-7-20(21)23(24)18-9-11-19(29-4)12-10-18/h9-12,20-21,23-24H,5-8,13-14H2,1-4H3,(H,25,28)/t20-,21+,23-,24-/m0/s1. The first-order valence-corrected chi connectivity index (χ1v) is 10.9. The van der Waals surface area contributed by atoms with Crippen molar-refractivity contribution >= 4 is 5.91 Å². The number of hydrogen-bond acceptors (Lipinski definition) is 3. The summed E-state index contributed by atoms with van der Waals surface area (Å²) in [6.45, 7) is 6.83. The molecular weight excluding hydrogens is 362 g/mol. The minimum Gasteiger partial charge on any atom is -0.497 e. The highest BCUT2D eigenvalue weighted by Crippen LogP contribution is 2.54. The largest absolute Gasteiger partial charge is 0.497 e. The van der Waals surface area contributed by atoms with E-state index in [1.165, 1.54) is 36.8 Å². The van der Waals surface area contributed by atoms with Gasteiger partial charge in [0.1, 0.15) is 5.75 Å². The summed E-state index contributed by atoms with van der Waals surface area (Å²) in [5, 5.41) is 7.96. The van der Waals surface area contributed by atoms with E-state index in [0.717, 1.165) is 17.1 Å². The number of aryl methyl sites for hydroxylation is 2. The fourth-order valence-electron chi connectivity index (χ4n) is 5.41. The fourth-order valence-corrected chi connectivity index (χ4v) is 5.41. The van der Waals surface area contributed by atoms with Crippen LogP contribution in [-0.4, -0.2) is 28.8 Å². The van der Waals surface area contributed by atoms with Crippen molar-refractivity contribution in [2.75, 3.05) is 7.11 Å². The van der Waals surface area contributed by atoms with Gasteiger partial charge in [-0.2, -0.15) is 5.10 Å². The van der Waals surface area contributed by atoms with Gasteiger partial charge in [0.05, 0.1) is 12.8 Å². The second-order valence-electron chi connectivity index (χ2n) is 8.77. The monoisotopic (exact) mass is 395 g/mol. The van der Waals surface area contributed by atoms with Crippen molar-refractivity contribution in [3.8, 4) is 5.75 Å². The Morgan fingerprint density at radius 3 is 2.45 bits per heavy atom. The topological polar surface area (TPSA) is 56.1 Å². The Hall–Kier alpha value is -2.30. The van der Waals surface area contributed by atoms with Gasteiger partial charge in [0.2, 0.25) is 5.91 Å². The van der Waals surface area contributed by atoms with E-state index in [0.29, 0.717) is 30.7 Å². The van der Waals surface area contributed by atoms with E-state index in [1.807, 2.05) is 23.7 Å². The maximum Gasteiger partial charge on any atom is 0.222 e. The molecule has 4 atom stereocenters. The Morgan fingerprint density at radius 1 is 1.14 bits per heavy atom. The van der Waals surface area contributed by atoms with Gasteiger partial charge in [-0.1, -0.05) is 25.0 Å². The molecule has 0 saturated heterocycles. The third kappa shape index (κ3) is 3.79. The summed E-state index contributed by atoms with van der Waals surface area (Å²) in [7, 11) is 1.70. The summed E-state index contributed by atoms with van der Waals surface area (Å²) in [6.07, 6.45) is 5.59. The summed E-state index contributed by atoms with van der Waals surface area (Å²) < 4.78 is 7.28. The number of nitrogens with zero attached hydrogens (tertiary/aromatic N) is 2. The molecule has 156 valence electrons. The SMILES string of the molecule is COc1ccc([C@H]2[C@H]3CCCC[C@H]3[C@@H]2NC(=O)CCn2nc(C)c(C)c2C)cc1. The lowest BCUT2D eigenvalue weighted by Crippen LogP contribution is -2.59. The van der Waals surface area contributed by atoms with Gasteiger partial charge in [-0.3, -0.25) is 9.48 Å². The summed E-state index contributed by atoms with van der Waals surface area (Å²) in [4.78, 5) is 12.8. The van der Waals surface area contributed by atoms with Crippen LogP contribution in [0.15, 0.2) is 24.3 Å². The molecule has 0 bridgehead atoms. The number of nitrogens with one attached hydrogen (secondary N) is 1. The summed E-state index contributed by atoms with van der Waals surface area (Å²) in [5.74, 6) is 2.76. The Balaban J connectivity index is 1.43. The minimum atomic E-state index is 0.141. The van der Waals surface area contributed by atoms with Crippen LogP contribution in [0.25, 0.3) is 0 Å². The van der Waals surface area contributed by atoms with Crippen molar-refractivity contribution < 1.29 is 9.53 Å². The average Bonchev–Trinajstić information content (AvgIpc) is 2.98. The predicted octanol–water partition coefficient (Wildman–Crippen LogP) is 4.30. The number of hydrogen-bond donors (Lipinski definition) is 1. The number of amides is 1. The Kier molecular flexibility index (Phi) is 5.66. The first kappa shape index (κ1) is 20.0. The van der Waals surface area contributed by atoms with Crippen molar-refractivity contribution in [2.24, 2.45) is 11.8 Å². The number of benzene rings is 1. The Bertz CT molecular complexity index is 871. The van der Waals surface area contributed by atoms with Gasteiger partial charge in [-0.15, -0.1) is 0 Å². The van der Waals surface area contributed by atoms with Gasteiger partial charge in [-0.05, 0) is 68.7 Å². The average molecular weight is 396 g/mol. The molecular formula is C24H33N3O2. The van der Waals surface area contributed by atoms with Crippen molar-refractivity contribution in [1.82, 2.24) is 15.1 Å². The zero-order valence-electron chi connectivity index (χ0n) is 18.1. The molecule has 0 unspecified atom stereocenters. The molecule has 1 heterocycles. The Morgan fingerprint density at radius 2 is 1.83 bits per heavy atom. The number of carbonyl (C=O) groups is 1. The predicted molar refractivity (Wildman–Crippen MR) is 114 cm³/mol. The molecule has 2 fully saturated rings. The number of rotatable bonds is 6. The van der Waals surface area contributed by atoms with Crippen LogP contribution in [0.3, 0.4) is 0 Å². The lowest BCUT2D eigenvalue weighted by atomic mass is 9.53. The van der Waals surface area contributed by atoms with E-state index in [1.54, 1.807) is 7.11 Å². The number of methoxy groups -OCH3 is 1. The van der Waals surface area contributed by atoms with Crippen LogP contribution in [0.1, 0.15) is 60.5 Å². The van der Waals surface area contributed by atoms with Crippen molar-refractivity contribution in [1.29, 1.82) is 0 Å². The molecule has 1 amide bonds. The highest BCUT2D eigenvalue weighted by Gasteiger charge is 2.51. The molecule has 2 aliphatic carbocycles. The van der Waals surface area contributed by atoms with Gasteiger partial charge in [0, 0.05) is 30.6 Å². The van der Waals surface area contributed by atoms with E-state index in [9.17, 15) is 4.79 Å². The molecule has 5 heteroatoms. The first-order chi connectivity index (χ1) is 14.0. The maximum absolute atomic E-state index is 12.8. The van der Waals surface area contributed by atoms with E-state index < -0.39 is 0 Å². The number of ether oxygens (including phenoxy) is 1. The van der Waals surface area contributed by atoms with E-state index in [4.69, 9.17) is 4.74 Å². The van der Waals surface area contributed by atoms with Gasteiger partial charge in [-0.25, -0.2) is 0 Å². The third-order valence-corrected chi connectivity index (χ3v) is 7.31. The second-order valence-corrected chi connectivity index (χ2v) is 8.77. The van der Waals surface area contributed by atoms with Crippen LogP contribution in [0, 0.1) is 32.6 Å². The number of aromatic nitrogens is 2. The van der Waals surface area contributed by atoms with Crippen LogP contribution in [0.4, 0.5) is 0 Å². The van der Waals surface area contributed by atoms with Crippen LogP contribution in [-0.2, 0) is 11.3 Å². The summed E-state index contributed by atoms with van der Waals surface area (Å²) >= 11 is 0. The molecule has 2 saturated carbocycles. The highest BCUT2D eigenvalue weighted by atomic mass is 16.5. The van der Waals surface area contributed by atoms with Crippen LogP contribution in [0.5, 0.6) is 5.75 Å². The van der Waals surface area contributed by atoms with Crippen molar-refractivity contribution in [3.63, 3.8) is 0 Å². The lowest BCUT2D eigenvalue weighted by Gasteiger charge is -2.55. The van der Waals surface area contributed by atoms with Gasteiger partial charge < -0.3 is 10.1 Å². The van der Waals surface area contributed by atoms with E-state index in [-0.39, 0.29) is 11.9 Å². The molecule has 29 heavy (non-hydrogen) atoms. The summed E-state index contributed by atoms with van der Waals surface area (Å²) in [5.41, 5.74) is 4.75. The quantitative estimate of drug-likeness (QED) is 0.794. The van der Waals surface area contributed by atoms with Gasteiger partial charge in [0.15, 0.2) is 0 Å². The van der Waals surface area contributed by atoms with Crippen LogP contribution in [0.2, 0.25) is 0 Å². The molecule has 1 aromatic heterocycles. The molecule has 2 aromatic rings. The molecule has 0 radical (unpaired) electrons. The zero-order valence-corrected chi connectivity index (χ0v) is 18.1. The fraction of sp³-hybridized carbons (Fsp3) is 0.583. The summed E-state index contributed by atoms with van der Waals surface area (Å²) in [6, 6.07) is 8.67. The molecule has 2 aliphatic rings. The van der Waals surface area contributed by atoms with Crippen LogP contribution >= 0.6 is 0 Å². The van der Waals surface area contributed by atoms with Crippen molar-refractivity contribution in [2.45, 2.75) is 71.4 Å². The second kappa shape index (κ2) is 8.21. The van der Waals surface area contributed by atoms with Crippen molar-refractivity contribution in [3.05, 3.63) is 46.8 Å². The molecule has 0 aliphatic heterocycles. The normalized spacial score (nSPS) is 25.8. The van der Waals surface area contributed by atoms with Gasteiger partial charge >= 0.3 is 0 Å². The van der Waals surface area contributed by atoms with E-state index in [2.05, 4.69) is 36.4 Å². The lowest BCUT2D eigenvalue weighted by molar-refractivity contribution is -0.125. The highest BCUT2D eigenvalue weighted by molar-refractivity contribution is 5.76. The molecule has 1 aromatic carbocycles. The molecule has 1 N–H and O–H groups in total. The first-order valence-electron chi connectivity index (χ1n) is 10.9. The van der Waals surface area contributed by atoms with Crippen LogP contribution < -0.4 is 10.1 Å². The zero-order chi connectivity index (χ0) is 20.5. The smallest absolute Gasteiger partial charge is 0.222 e. The molecule has 0 spiro atoms. The maximum atomic E-state index is 12.8. The Labute approximate surface area is 173 Å². The third-order valence-electron chi connectivity index (χ3n) is 7.31. The van der Waals surface area contributed by atoms with E-state index >= 15 is 0 Å². The molecule has 5 nitrogen and oxygen atoms in total. The number of carbonyl (C=O) groups excluding carboxylic acids is 1. The molecule has 4 rings (SSSR count). The number of fused-ring (bicyclic) bond motifs is 1. The van der Waals surface area contributed by atoms with Gasteiger partial charge in [0.25, 0.3) is 0 Å².